The molecule has 1 amide bonds. The van der Waals surface area contributed by atoms with Crippen molar-refractivity contribution in [1.82, 2.24) is 4.90 Å². The van der Waals surface area contributed by atoms with Crippen LogP contribution in [0.1, 0.15) is 24.2 Å². The van der Waals surface area contributed by atoms with Gasteiger partial charge in [0, 0.05) is 12.6 Å². The Labute approximate surface area is 134 Å². The van der Waals surface area contributed by atoms with Gasteiger partial charge in [0.15, 0.2) is 11.5 Å². The third kappa shape index (κ3) is 4.80. The number of hydrogen-bond acceptors (Lipinski definition) is 4. The summed E-state index contributed by atoms with van der Waals surface area (Å²) in [4.78, 5) is 23.9. The first-order valence-corrected chi connectivity index (χ1v) is 7.11. The van der Waals surface area contributed by atoms with E-state index in [1.165, 1.54) is 26.3 Å². The van der Waals surface area contributed by atoms with Crippen molar-refractivity contribution in [3.63, 3.8) is 0 Å². The van der Waals surface area contributed by atoms with Gasteiger partial charge in [-0.25, -0.2) is 0 Å². The summed E-state index contributed by atoms with van der Waals surface area (Å²) in [6.45, 7) is 4.06. The molecule has 6 nitrogen and oxygen atoms in total. The molecule has 0 atom stereocenters. The van der Waals surface area contributed by atoms with E-state index in [-0.39, 0.29) is 10.6 Å². The molecular formula is C15H20ClNO5. The third-order valence-corrected chi connectivity index (χ3v) is 3.04. The average Bonchev–Trinajstić information content (AvgIpc) is 2.43. The van der Waals surface area contributed by atoms with Crippen LogP contribution in [0.3, 0.4) is 0 Å². The Morgan fingerprint density at radius 3 is 2.50 bits per heavy atom. The van der Waals surface area contributed by atoms with Crippen molar-refractivity contribution in [2.75, 3.05) is 27.3 Å². The first-order valence-electron chi connectivity index (χ1n) is 6.73. The number of likely N-dealkylation sites (N-methyl/N-ethyl adjacent to an activating group) is 1. The summed E-state index contributed by atoms with van der Waals surface area (Å²) in [5.41, 5.74) is 0.238. The van der Waals surface area contributed by atoms with E-state index in [2.05, 4.69) is 0 Å². The highest BCUT2D eigenvalue weighted by molar-refractivity contribution is 6.32. The fourth-order valence-corrected chi connectivity index (χ4v) is 1.99. The fourth-order valence-electron chi connectivity index (χ4n) is 1.73. The molecular weight excluding hydrogens is 310 g/mol. The van der Waals surface area contributed by atoms with E-state index in [1.807, 2.05) is 13.8 Å². The molecule has 0 fully saturated rings. The number of ether oxygens (including phenoxy) is 2. The Hall–Kier alpha value is -1.95. The Morgan fingerprint density at radius 2 is 2.00 bits per heavy atom. The number of carbonyl (C=O) groups is 2. The van der Waals surface area contributed by atoms with Crippen molar-refractivity contribution >= 4 is 23.5 Å². The van der Waals surface area contributed by atoms with E-state index in [4.69, 9.17) is 26.2 Å². The second kappa shape index (κ2) is 7.89. The predicted molar refractivity (Wildman–Crippen MR) is 82.9 cm³/mol. The summed E-state index contributed by atoms with van der Waals surface area (Å²) in [5, 5.41) is 8.98. The van der Waals surface area contributed by atoms with Crippen LogP contribution >= 0.6 is 11.6 Å². The first kappa shape index (κ1) is 18.1. The highest BCUT2D eigenvalue weighted by atomic mass is 35.5. The van der Waals surface area contributed by atoms with E-state index < -0.39 is 18.4 Å². The van der Waals surface area contributed by atoms with E-state index in [0.717, 1.165) is 4.90 Å². The zero-order valence-electron chi connectivity index (χ0n) is 13.1. The minimum Gasteiger partial charge on any atom is -0.493 e. The summed E-state index contributed by atoms with van der Waals surface area (Å²) in [6, 6.07) is 2.93. The molecule has 7 heteroatoms. The van der Waals surface area contributed by atoms with Gasteiger partial charge < -0.3 is 19.5 Å². The zero-order valence-corrected chi connectivity index (χ0v) is 13.8. The van der Waals surface area contributed by atoms with Gasteiger partial charge >= 0.3 is 5.97 Å². The highest BCUT2D eigenvalue weighted by Crippen LogP contribution is 2.37. The Kier molecular flexibility index (Phi) is 6.49. The highest BCUT2D eigenvalue weighted by Gasteiger charge is 2.19. The molecule has 0 saturated heterocycles. The number of carboxylic acid groups (broad SMARTS) is 1. The molecule has 0 heterocycles. The maximum Gasteiger partial charge on any atom is 0.323 e. The van der Waals surface area contributed by atoms with Crippen molar-refractivity contribution in [3.05, 3.63) is 22.7 Å². The molecule has 0 unspecified atom stereocenters. The number of nitrogens with zero attached hydrogens (tertiary/aromatic N) is 1. The van der Waals surface area contributed by atoms with Crippen LogP contribution in [0.4, 0.5) is 0 Å². The topological polar surface area (TPSA) is 76.1 Å². The molecule has 0 bridgehead atoms. The Bertz CT molecular complexity index is 559. The lowest BCUT2D eigenvalue weighted by Crippen LogP contribution is -2.31. The number of carbonyl (C=O) groups excluding carboxylic acids is 1. The molecule has 0 aromatic heterocycles. The second-order valence-electron chi connectivity index (χ2n) is 5.25. The standard InChI is InChI=1S/C15H20ClNO5/c1-9(2)8-22-14-11(16)5-10(6-12(14)21-4)15(20)17(3)7-13(18)19/h5-6,9H,7-8H2,1-4H3,(H,18,19). The molecule has 1 aromatic carbocycles. The summed E-state index contributed by atoms with van der Waals surface area (Å²) in [7, 11) is 2.85. The number of aliphatic carboxylic acids is 1. The van der Waals surface area contributed by atoms with E-state index in [1.54, 1.807) is 0 Å². The van der Waals surface area contributed by atoms with Crippen LogP contribution in [0.25, 0.3) is 0 Å². The number of benzene rings is 1. The van der Waals surface area contributed by atoms with Crippen LogP contribution in [-0.2, 0) is 4.79 Å². The van der Waals surface area contributed by atoms with E-state index in [0.29, 0.717) is 24.0 Å². The number of rotatable bonds is 7. The molecule has 0 saturated carbocycles. The van der Waals surface area contributed by atoms with Gasteiger partial charge in [-0.3, -0.25) is 9.59 Å². The summed E-state index contributed by atoms with van der Waals surface area (Å²) < 4.78 is 10.8. The number of carboxylic acids is 1. The molecule has 0 aliphatic rings. The molecule has 22 heavy (non-hydrogen) atoms. The Morgan fingerprint density at radius 1 is 1.36 bits per heavy atom. The van der Waals surface area contributed by atoms with Crippen LogP contribution < -0.4 is 9.47 Å². The normalized spacial score (nSPS) is 10.5. The van der Waals surface area contributed by atoms with E-state index >= 15 is 0 Å². The maximum atomic E-state index is 12.2. The number of methoxy groups -OCH3 is 1. The molecule has 0 aliphatic carbocycles. The van der Waals surface area contributed by atoms with E-state index in [9.17, 15) is 9.59 Å². The second-order valence-corrected chi connectivity index (χ2v) is 5.66. The van der Waals surface area contributed by atoms with Gasteiger partial charge in [-0.2, -0.15) is 0 Å². The number of halogens is 1. The number of amides is 1. The molecule has 1 rings (SSSR count). The van der Waals surface area contributed by atoms with Crippen molar-refractivity contribution in [3.8, 4) is 11.5 Å². The largest absolute Gasteiger partial charge is 0.493 e. The predicted octanol–water partition coefficient (Wildman–Crippen LogP) is 2.54. The van der Waals surface area contributed by atoms with Gasteiger partial charge in [-0.05, 0) is 18.1 Å². The van der Waals surface area contributed by atoms with Crippen LogP contribution in [0, 0.1) is 5.92 Å². The summed E-state index contributed by atoms with van der Waals surface area (Å²) in [6.07, 6.45) is 0. The molecule has 0 aliphatic heterocycles. The van der Waals surface area contributed by atoms with Crippen LogP contribution in [-0.4, -0.2) is 49.2 Å². The fraction of sp³-hybridized carbons (Fsp3) is 0.467. The van der Waals surface area contributed by atoms with Gasteiger partial charge in [0.1, 0.15) is 6.54 Å². The maximum absolute atomic E-state index is 12.2. The lowest BCUT2D eigenvalue weighted by molar-refractivity contribution is -0.137. The smallest absolute Gasteiger partial charge is 0.323 e. The van der Waals surface area contributed by atoms with Crippen molar-refractivity contribution in [2.45, 2.75) is 13.8 Å². The van der Waals surface area contributed by atoms with Gasteiger partial charge in [0.2, 0.25) is 0 Å². The lowest BCUT2D eigenvalue weighted by Gasteiger charge is -2.18. The van der Waals surface area contributed by atoms with Crippen LogP contribution in [0.15, 0.2) is 12.1 Å². The third-order valence-electron chi connectivity index (χ3n) is 2.76. The molecule has 1 N–H and O–H groups in total. The minimum atomic E-state index is -1.09. The first-order chi connectivity index (χ1) is 10.3. The van der Waals surface area contributed by atoms with Gasteiger partial charge in [0.05, 0.1) is 18.7 Å². The summed E-state index contributed by atoms with van der Waals surface area (Å²) in [5.74, 6) is -0.539. The minimum absolute atomic E-state index is 0.238. The SMILES string of the molecule is COc1cc(C(=O)N(C)CC(=O)O)cc(Cl)c1OCC(C)C. The van der Waals surface area contributed by atoms with Crippen molar-refractivity contribution in [2.24, 2.45) is 5.92 Å². The van der Waals surface area contributed by atoms with Gasteiger partial charge in [-0.1, -0.05) is 25.4 Å². The molecule has 0 spiro atoms. The zero-order chi connectivity index (χ0) is 16.9. The molecule has 1 aromatic rings. The summed E-state index contributed by atoms with van der Waals surface area (Å²) >= 11 is 6.16. The molecule has 122 valence electrons. The van der Waals surface area contributed by atoms with Crippen LogP contribution in [0.2, 0.25) is 5.02 Å². The monoisotopic (exact) mass is 329 g/mol. The quantitative estimate of drug-likeness (QED) is 0.832. The molecule has 0 radical (unpaired) electrons. The van der Waals surface area contributed by atoms with Gasteiger partial charge in [0.25, 0.3) is 5.91 Å². The van der Waals surface area contributed by atoms with Crippen molar-refractivity contribution in [1.29, 1.82) is 0 Å². The Balaban J connectivity index is 3.06. The van der Waals surface area contributed by atoms with Crippen LogP contribution in [0.5, 0.6) is 11.5 Å². The number of hydrogen-bond donors (Lipinski definition) is 1. The average molecular weight is 330 g/mol. The van der Waals surface area contributed by atoms with Gasteiger partial charge in [-0.15, -0.1) is 0 Å². The lowest BCUT2D eigenvalue weighted by atomic mass is 10.1. The van der Waals surface area contributed by atoms with Crippen molar-refractivity contribution < 1.29 is 24.2 Å².